The Morgan fingerprint density at radius 1 is 1.42 bits per heavy atom. The van der Waals surface area contributed by atoms with E-state index in [4.69, 9.17) is 22.3 Å². The van der Waals surface area contributed by atoms with Crippen LogP contribution in [0, 0.1) is 5.92 Å². The van der Waals surface area contributed by atoms with Crippen molar-refractivity contribution in [1.29, 1.82) is 0 Å². The average molecular weight is 295 g/mol. The minimum Gasteiger partial charge on any atom is -0.319 e. The number of halogens is 1. The molecule has 2 aromatic rings. The highest BCUT2D eigenvalue weighted by molar-refractivity contribution is 7.18. The molecule has 0 spiro atoms. The first-order valence-corrected chi connectivity index (χ1v) is 8.15. The third-order valence-corrected chi connectivity index (χ3v) is 5.82. The van der Waals surface area contributed by atoms with Crippen molar-refractivity contribution in [3.05, 3.63) is 28.2 Å². The fourth-order valence-electron chi connectivity index (χ4n) is 2.93. The van der Waals surface area contributed by atoms with Gasteiger partial charge in [0.1, 0.15) is 5.01 Å². The van der Waals surface area contributed by atoms with Crippen molar-refractivity contribution in [2.75, 3.05) is 0 Å². The van der Waals surface area contributed by atoms with Crippen LogP contribution in [0.2, 0.25) is 5.02 Å². The van der Waals surface area contributed by atoms with Gasteiger partial charge in [-0.25, -0.2) is 4.98 Å². The summed E-state index contributed by atoms with van der Waals surface area (Å²) in [6, 6.07) is 5.86. The highest BCUT2D eigenvalue weighted by Gasteiger charge is 2.35. The van der Waals surface area contributed by atoms with E-state index in [9.17, 15) is 0 Å². The number of hydrogen-bond donors (Lipinski definition) is 1. The Hall–Kier alpha value is -0.640. The predicted molar refractivity (Wildman–Crippen MR) is 82.7 cm³/mol. The lowest BCUT2D eigenvalue weighted by Gasteiger charge is -2.35. The first kappa shape index (κ1) is 13.3. The Labute approximate surface area is 123 Å². The molecule has 4 heteroatoms. The lowest BCUT2D eigenvalue weighted by Crippen LogP contribution is -2.40. The number of fused-ring (bicyclic) bond motifs is 1. The zero-order valence-corrected chi connectivity index (χ0v) is 12.7. The van der Waals surface area contributed by atoms with E-state index < -0.39 is 0 Å². The SMILES string of the molecule is CCC1CCC(N)(c2nc3ccc(Cl)cc3s2)CC1. The van der Waals surface area contributed by atoms with E-state index in [2.05, 4.69) is 6.92 Å². The van der Waals surface area contributed by atoms with Gasteiger partial charge in [-0.2, -0.15) is 0 Å². The summed E-state index contributed by atoms with van der Waals surface area (Å²) in [4.78, 5) is 4.74. The van der Waals surface area contributed by atoms with Crippen molar-refractivity contribution < 1.29 is 0 Å². The molecule has 1 heterocycles. The van der Waals surface area contributed by atoms with Gasteiger partial charge in [-0.1, -0.05) is 24.9 Å². The van der Waals surface area contributed by atoms with Gasteiger partial charge in [0.2, 0.25) is 0 Å². The summed E-state index contributed by atoms with van der Waals surface area (Å²) >= 11 is 7.74. The van der Waals surface area contributed by atoms with Crippen molar-refractivity contribution >= 4 is 33.2 Å². The first-order chi connectivity index (χ1) is 9.10. The highest BCUT2D eigenvalue weighted by atomic mass is 35.5. The Kier molecular flexibility index (Phi) is 3.54. The molecule has 1 aliphatic rings. The maximum absolute atomic E-state index is 6.61. The summed E-state index contributed by atoms with van der Waals surface area (Å²) in [6.07, 6.45) is 5.83. The molecule has 1 fully saturated rings. The number of nitrogens with zero attached hydrogens (tertiary/aromatic N) is 1. The lowest BCUT2D eigenvalue weighted by molar-refractivity contribution is 0.231. The fourth-order valence-corrected chi connectivity index (χ4v) is 4.33. The molecule has 2 nitrogen and oxygen atoms in total. The summed E-state index contributed by atoms with van der Waals surface area (Å²) in [7, 11) is 0. The molecule has 0 amide bonds. The first-order valence-electron chi connectivity index (χ1n) is 6.96. The van der Waals surface area contributed by atoms with Crippen LogP contribution in [0.3, 0.4) is 0 Å². The number of aromatic nitrogens is 1. The largest absolute Gasteiger partial charge is 0.319 e. The normalized spacial score (nSPS) is 27.8. The molecule has 1 saturated carbocycles. The topological polar surface area (TPSA) is 38.9 Å². The van der Waals surface area contributed by atoms with Crippen LogP contribution in [0.1, 0.15) is 44.0 Å². The second kappa shape index (κ2) is 5.04. The molecule has 0 aliphatic heterocycles. The van der Waals surface area contributed by atoms with Crippen LogP contribution in [0.4, 0.5) is 0 Å². The van der Waals surface area contributed by atoms with Crippen molar-refractivity contribution in [3.63, 3.8) is 0 Å². The number of hydrogen-bond acceptors (Lipinski definition) is 3. The van der Waals surface area contributed by atoms with Crippen molar-refractivity contribution in [1.82, 2.24) is 4.98 Å². The van der Waals surface area contributed by atoms with E-state index in [0.29, 0.717) is 0 Å². The molecule has 0 atom stereocenters. The van der Waals surface area contributed by atoms with Gasteiger partial charge in [0.05, 0.1) is 15.8 Å². The minimum absolute atomic E-state index is 0.220. The number of thiazole rings is 1. The summed E-state index contributed by atoms with van der Waals surface area (Å²) in [5.74, 6) is 0.848. The molecule has 3 rings (SSSR count). The van der Waals surface area contributed by atoms with E-state index in [-0.39, 0.29) is 5.54 Å². The van der Waals surface area contributed by atoms with E-state index in [1.807, 2.05) is 18.2 Å². The second-order valence-corrected chi connectivity index (χ2v) is 7.11. The Morgan fingerprint density at radius 3 is 2.84 bits per heavy atom. The summed E-state index contributed by atoms with van der Waals surface area (Å²) in [5.41, 5.74) is 7.41. The molecule has 102 valence electrons. The molecular formula is C15H19ClN2S. The molecule has 0 saturated heterocycles. The number of benzene rings is 1. The summed E-state index contributed by atoms with van der Waals surface area (Å²) in [5, 5.41) is 1.85. The van der Waals surface area contributed by atoms with Gasteiger partial charge in [0.25, 0.3) is 0 Å². The van der Waals surface area contributed by atoms with Crippen molar-refractivity contribution in [2.45, 2.75) is 44.6 Å². The molecule has 1 aliphatic carbocycles. The Morgan fingerprint density at radius 2 is 2.16 bits per heavy atom. The van der Waals surface area contributed by atoms with Crippen LogP contribution < -0.4 is 5.73 Å². The van der Waals surface area contributed by atoms with E-state index in [1.54, 1.807) is 11.3 Å². The van der Waals surface area contributed by atoms with Crippen LogP contribution in [0.5, 0.6) is 0 Å². The molecule has 0 bridgehead atoms. The Balaban J connectivity index is 1.91. The number of nitrogens with two attached hydrogens (primary N) is 1. The van der Waals surface area contributed by atoms with Gasteiger partial charge in [0.15, 0.2) is 0 Å². The quantitative estimate of drug-likeness (QED) is 0.871. The average Bonchev–Trinajstić information content (AvgIpc) is 2.83. The van der Waals surface area contributed by atoms with Gasteiger partial charge >= 0.3 is 0 Å². The zero-order chi connectivity index (χ0) is 13.5. The molecule has 0 radical (unpaired) electrons. The van der Waals surface area contributed by atoms with Crippen LogP contribution in [-0.2, 0) is 5.54 Å². The van der Waals surface area contributed by atoms with Gasteiger partial charge in [0, 0.05) is 5.02 Å². The Bertz CT molecular complexity index is 585. The molecule has 1 aromatic heterocycles. The standard InChI is InChI=1S/C15H19ClN2S/c1-2-10-5-7-15(17,8-6-10)14-18-12-4-3-11(16)9-13(12)19-14/h3-4,9-10H,2,5-8,17H2,1H3. The third kappa shape index (κ3) is 2.51. The van der Waals surface area contributed by atoms with Gasteiger partial charge in [-0.3, -0.25) is 0 Å². The predicted octanol–water partition coefficient (Wildman–Crippen LogP) is 4.70. The van der Waals surface area contributed by atoms with Gasteiger partial charge < -0.3 is 5.73 Å². The summed E-state index contributed by atoms with van der Waals surface area (Å²) in [6.45, 7) is 2.27. The molecule has 2 N–H and O–H groups in total. The number of rotatable bonds is 2. The van der Waals surface area contributed by atoms with Crippen LogP contribution >= 0.6 is 22.9 Å². The van der Waals surface area contributed by atoms with Gasteiger partial charge in [-0.15, -0.1) is 11.3 Å². The lowest BCUT2D eigenvalue weighted by atomic mass is 9.76. The van der Waals surface area contributed by atoms with E-state index >= 15 is 0 Å². The highest BCUT2D eigenvalue weighted by Crippen LogP contribution is 2.41. The molecule has 0 unspecified atom stereocenters. The maximum Gasteiger partial charge on any atom is 0.114 e. The maximum atomic E-state index is 6.61. The van der Waals surface area contributed by atoms with Crippen LogP contribution in [-0.4, -0.2) is 4.98 Å². The van der Waals surface area contributed by atoms with Crippen molar-refractivity contribution in [3.8, 4) is 0 Å². The van der Waals surface area contributed by atoms with Crippen LogP contribution in [0.25, 0.3) is 10.2 Å². The second-order valence-electron chi connectivity index (χ2n) is 5.64. The van der Waals surface area contributed by atoms with Crippen LogP contribution in [0.15, 0.2) is 18.2 Å². The summed E-state index contributed by atoms with van der Waals surface area (Å²) < 4.78 is 1.14. The van der Waals surface area contributed by atoms with Crippen molar-refractivity contribution in [2.24, 2.45) is 11.7 Å². The minimum atomic E-state index is -0.220. The molecule has 1 aromatic carbocycles. The molecular weight excluding hydrogens is 276 g/mol. The smallest absolute Gasteiger partial charge is 0.114 e. The third-order valence-electron chi connectivity index (χ3n) is 4.35. The molecule has 19 heavy (non-hydrogen) atoms. The van der Waals surface area contributed by atoms with Gasteiger partial charge in [-0.05, 0) is 49.8 Å². The zero-order valence-electron chi connectivity index (χ0n) is 11.2. The van der Waals surface area contributed by atoms with E-state index in [1.165, 1.54) is 19.3 Å². The monoisotopic (exact) mass is 294 g/mol. The van der Waals surface area contributed by atoms with E-state index in [0.717, 1.165) is 39.0 Å². The fraction of sp³-hybridized carbons (Fsp3) is 0.533.